The lowest BCUT2D eigenvalue weighted by Crippen LogP contribution is -2.06. The minimum absolute atomic E-state index is 0.180. The van der Waals surface area contributed by atoms with Crippen molar-refractivity contribution in [3.8, 4) is 11.6 Å². The second-order valence-electron chi connectivity index (χ2n) is 5.15. The third-order valence-electron chi connectivity index (χ3n) is 2.96. The van der Waals surface area contributed by atoms with Crippen LogP contribution in [0, 0.1) is 12.7 Å². The number of benzene rings is 1. The number of hydrogen-bond acceptors (Lipinski definition) is 4. The van der Waals surface area contributed by atoms with Crippen LogP contribution in [0.15, 0.2) is 24.3 Å². The molecule has 0 saturated heterocycles. The van der Waals surface area contributed by atoms with Gasteiger partial charge in [-0.3, -0.25) is 0 Å². The van der Waals surface area contributed by atoms with Crippen molar-refractivity contribution in [1.29, 1.82) is 0 Å². The van der Waals surface area contributed by atoms with Crippen LogP contribution in [0.5, 0.6) is 11.6 Å². The van der Waals surface area contributed by atoms with Crippen molar-refractivity contribution < 1.29 is 9.13 Å². The van der Waals surface area contributed by atoms with E-state index in [2.05, 4.69) is 15.3 Å². The van der Waals surface area contributed by atoms with Crippen LogP contribution in [0.4, 0.5) is 10.2 Å². The van der Waals surface area contributed by atoms with Gasteiger partial charge in [0.05, 0.1) is 0 Å². The summed E-state index contributed by atoms with van der Waals surface area (Å²) in [6, 6.07) is 6.17. The number of nitrogens with zero attached hydrogens (tertiary/aromatic N) is 2. The van der Waals surface area contributed by atoms with Crippen molar-refractivity contribution in [2.24, 2.45) is 0 Å². The fraction of sp³-hybridized carbons (Fsp3) is 0.375. The molecule has 0 bridgehead atoms. The molecule has 0 atom stereocenters. The Balaban J connectivity index is 2.36. The van der Waals surface area contributed by atoms with E-state index in [1.54, 1.807) is 12.1 Å². The predicted molar refractivity (Wildman–Crippen MR) is 81.5 cm³/mol. The van der Waals surface area contributed by atoms with Crippen LogP contribution in [0.3, 0.4) is 0 Å². The summed E-state index contributed by atoms with van der Waals surface area (Å²) < 4.78 is 19.1. The van der Waals surface area contributed by atoms with Crippen molar-refractivity contribution in [2.75, 3.05) is 11.9 Å². The monoisotopic (exact) mass is 289 g/mol. The fourth-order valence-corrected chi connectivity index (χ4v) is 1.82. The Morgan fingerprint density at radius 2 is 2.00 bits per heavy atom. The average Bonchev–Trinajstić information content (AvgIpc) is 2.43. The fourth-order valence-electron chi connectivity index (χ4n) is 1.82. The van der Waals surface area contributed by atoms with Gasteiger partial charge in [-0.15, -0.1) is 0 Å². The van der Waals surface area contributed by atoms with Gasteiger partial charge < -0.3 is 10.1 Å². The first-order valence-electron chi connectivity index (χ1n) is 7.06. The predicted octanol–water partition coefficient (Wildman–Crippen LogP) is 4.27. The summed E-state index contributed by atoms with van der Waals surface area (Å²) in [6.45, 7) is 8.65. The van der Waals surface area contributed by atoms with E-state index in [9.17, 15) is 4.39 Å². The maximum Gasteiger partial charge on any atom is 0.224 e. The van der Waals surface area contributed by atoms with Gasteiger partial charge in [-0.1, -0.05) is 19.9 Å². The van der Waals surface area contributed by atoms with Crippen LogP contribution < -0.4 is 10.1 Å². The Morgan fingerprint density at radius 3 is 2.67 bits per heavy atom. The number of nitrogens with one attached hydrogen (secondary N) is 1. The normalized spacial score (nSPS) is 10.8. The Hall–Kier alpha value is -2.17. The number of aromatic nitrogens is 2. The van der Waals surface area contributed by atoms with Gasteiger partial charge in [-0.05, 0) is 25.5 Å². The van der Waals surface area contributed by atoms with Gasteiger partial charge in [-0.2, -0.15) is 4.98 Å². The first-order valence-corrected chi connectivity index (χ1v) is 7.06. The van der Waals surface area contributed by atoms with Gasteiger partial charge in [-0.25, -0.2) is 9.37 Å². The highest BCUT2D eigenvalue weighted by molar-refractivity contribution is 5.42. The molecule has 1 aromatic carbocycles. The highest BCUT2D eigenvalue weighted by Gasteiger charge is 2.11. The van der Waals surface area contributed by atoms with E-state index in [4.69, 9.17) is 4.74 Å². The molecule has 2 aromatic rings. The van der Waals surface area contributed by atoms with Crippen LogP contribution in [0.2, 0.25) is 0 Å². The van der Waals surface area contributed by atoms with E-state index < -0.39 is 0 Å². The summed E-state index contributed by atoms with van der Waals surface area (Å²) in [5.41, 5.74) is 0.853. The Labute approximate surface area is 124 Å². The Morgan fingerprint density at radius 1 is 1.24 bits per heavy atom. The maximum atomic E-state index is 13.3. The van der Waals surface area contributed by atoms with Crippen molar-refractivity contribution in [3.63, 3.8) is 0 Å². The van der Waals surface area contributed by atoms with Crippen molar-refractivity contribution in [3.05, 3.63) is 41.5 Å². The number of hydrogen-bond donors (Lipinski definition) is 1. The molecule has 21 heavy (non-hydrogen) atoms. The SMILES string of the molecule is CCNc1cc(Oc2cc(F)ccc2C)nc(C(C)C)n1. The topological polar surface area (TPSA) is 47.0 Å². The first kappa shape index (κ1) is 15.2. The second kappa shape index (κ2) is 6.52. The number of aryl methyl sites for hydroxylation is 1. The van der Waals surface area contributed by atoms with E-state index >= 15 is 0 Å². The lowest BCUT2D eigenvalue weighted by Gasteiger charge is -2.12. The molecule has 2 rings (SSSR count). The highest BCUT2D eigenvalue weighted by atomic mass is 19.1. The molecule has 0 radical (unpaired) electrons. The van der Waals surface area contributed by atoms with E-state index in [1.165, 1.54) is 12.1 Å². The molecule has 1 aromatic heterocycles. The molecule has 0 amide bonds. The lowest BCUT2D eigenvalue weighted by molar-refractivity contribution is 0.449. The molecule has 0 saturated carbocycles. The molecule has 0 aliphatic carbocycles. The summed E-state index contributed by atoms with van der Waals surface area (Å²) >= 11 is 0. The zero-order valence-electron chi connectivity index (χ0n) is 12.8. The average molecular weight is 289 g/mol. The van der Waals surface area contributed by atoms with Crippen LogP contribution >= 0.6 is 0 Å². The largest absolute Gasteiger partial charge is 0.438 e. The third kappa shape index (κ3) is 3.90. The van der Waals surface area contributed by atoms with Gasteiger partial charge >= 0.3 is 0 Å². The van der Waals surface area contributed by atoms with E-state index in [1.807, 2.05) is 27.7 Å². The van der Waals surface area contributed by atoms with Crippen molar-refractivity contribution in [1.82, 2.24) is 9.97 Å². The second-order valence-corrected chi connectivity index (χ2v) is 5.15. The van der Waals surface area contributed by atoms with Gasteiger partial charge in [0.1, 0.15) is 23.2 Å². The molecule has 1 N–H and O–H groups in total. The third-order valence-corrected chi connectivity index (χ3v) is 2.96. The van der Waals surface area contributed by atoms with Crippen LogP contribution in [-0.2, 0) is 0 Å². The molecular formula is C16H20FN3O. The quantitative estimate of drug-likeness (QED) is 0.892. The molecule has 0 aliphatic rings. The van der Waals surface area contributed by atoms with Gasteiger partial charge in [0.25, 0.3) is 0 Å². The molecule has 1 heterocycles. The van der Waals surface area contributed by atoms with Crippen LogP contribution in [0.25, 0.3) is 0 Å². The Bertz CT molecular complexity index is 629. The summed E-state index contributed by atoms with van der Waals surface area (Å²) in [7, 11) is 0. The summed E-state index contributed by atoms with van der Waals surface area (Å²) in [6.07, 6.45) is 0. The molecule has 0 fully saturated rings. The van der Waals surface area contributed by atoms with E-state index in [0.29, 0.717) is 23.3 Å². The molecule has 112 valence electrons. The summed E-state index contributed by atoms with van der Waals surface area (Å²) in [4.78, 5) is 8.81. The number of halogens is 1. The number of rotatable bonds is 5. The van der Waals surface area contributed by atoms with Crippen LogP contribution in [-0.4, -0.2) is 16.5 Å². The Kier molecular flexibility index (Phi) is 4.73. The summed E-state index contributed by atoms with van der Waals surface area (Å²) in [5.74, 6) is 2.13. The van der Waals surface area contributed by atoms with E-state index in [-0.39, 0.29) is 11.7 Å². The molecular weight excluding hydrogens is 269 g/mol. The van der Waals surface area contributed by atoms with Gasteiger partial charge in [0.2, 0.25) is 5.88 Å². The van der Waals surface area contributed by atoms with Crippen molar-refractivity contribution in [2.45, 2.75) is 33.6 Å². The molecule has 0 aliphatic heterocycles. The minimum Gasteiger partial charge on any atom is -0.438 e. The molecule has 4 nitrogen and oxygen atoms in total. The first-order chi connectivity index (χ1) is 9.99. The standard InChI is InChI=1S/C16H20FN3O/c1-5-18-14-9-15(20-16(19-14)10(2)3)21-13-8-12(17)7-6-11(13)4/h6-10H,5H2,1-4H3,(H,18,19,20). The maximum absolute atomic E-state index is 13.3. The zero-order valence-corrected chi connectivity index (χ0v) is 12.8. The molecule has 5 heteroatoms. The lowest BCUT2D eigenvalue weighted by atomic mass is 10.2. The molecule has 0 spiro atoms. The molecule has 0 unspecified atom stereocenters. The number of anilines is 1. The van der Waals surface area contributed by atoms with Gasteiger partial charge in [0, 0.05) is 24.6 Å². The van der Waals surface area contributed by atoms with Gasteiger partial charge in [0.15, 0.2) is 0 Å². The highest BCUT2D eigenvalue weighted by Crippen LogP contribution is 2.27. The van der Waals surface area contributed by atoms with E-state index in [0.717, 1.165) is 12.1 Å². The zero-order chi connectivity index (χ0) is 15.4. The smallest absolute Gasteiger partial charge is 0.224 e. The minimum atomic E-state index is -0.333. The summed E-state index contributed by atoms with van der Waals surface area (Å²) in [5, 5.41) is 3.15. The number of ether oxygens (including phenoxy) is 1. The van der Waals surface area contributed by atoms with Crippen LogP contribution in [0.1, 0.15) is 38.1 Å². The van der Waals surface area contributed by atoms with Crippen molar-refractivity contribution >= 4 is 5.82 Å².